The van der Waals surface area contributed by atoms with Crippen molar-refractivity contribution >= 4 is 11.6 Å². The number of allylic oxidation sites excluding steroid dienone is 1. The molecule has 0 unspecified atom stereocenters. The molecule has 2 N–H and O–H groups in total. The van der Waals surface area contributed by atoms with Gasteiger partial charge in [-0.15, -0.1) is 0 Å². The lowest BCUT2D eigenvalue weighted by molar-refractivity contribution is -0.112. The van der Waals surface area contributed by atoms with Crippen LogP contribution in [0.25, 0.3) is 0 Å². The predicted molar refractivity (Wildman–Crippen MR) is 69.6 cm³/mol. The van der Waals surface area contributed by atoms with Gasteiger partial charge in [-0.2, -0.15) is 5.26 Å². The summed E-state index contributed by atoms with van der Waals surface area (Å²) in [5.41, 5.74) is 1.65. The van der Waals surface area contributed by atoms with Crippen molar-refractivity contribution in [3.05, 3.63) is 41.6 Å². The number of carbonyl (C=O) groups is 1. The van der Waals surface area contributed by atoms with E-state index >= 15 is 0 Å². The second kappa shape index (κ2) is 5.87. The Bertz CT molecular complexity index is 492. The third-order valence-electron chi connectivity index (χ3n) is 2.86. The average molecular weight is 241 g/mol. The molecular formula is C14H15N3O. The Hall–Kier alpha value is -2.28. The minimum Gasteiger partial charge on any atom is -0.387 e. The highest BCUT2D eigenvalue weighted by Crippen LogP contribution is 2.16. The third kappa shape index (κ3) is 2.89. The summed E-state index contributed by atoms with van der Waals surface area (Å²) < 4.78 is 0. The van der Waals surface area contributed by atoms with Crippen LogP contribution in [-0.4, -0.2) is 12.5 Å². The van der Waals surface area contributed by atoms with Gasteiger partial charge in [0.2, 0.25) is 0 Å². The van der Waals surface area contributed by atoms with E-state index in [1.54, 1.807) is 12.1 Å². The fourth-order valence-electron chi connectivity index (χ4n) is 1.94. The van der Waals surface area contributed by atoms with Gasteiger partial charge in [0.05, 0.1) is 0 Å². The van der Waals surface area contributed by atoms with Crippen LogP contribution in [0.3, 0.4) is 0 Å². The molecule has 1 saturated heterocycles. The minimum absolute atomic E-state index is 0.193. The van der Waals surface area contributed by atoms with E-state index in [2.05, 4.69) is 10.6 Å². The molecule has 18 heavy (non-hydrogen) atoms. The fraction of sp³-hybridized carbons (Fsp3) is 0.286. The monoisotopic (exact) mass is 241 g/mol. The number of carbonyl (C=O) groups excluding carboxylic acids is 1. The molecule has 4 nitrogen and oxygen atoms in total. The lowest BCUT2D eigenvalue weighted by atomic mass is 10.0. The molecule has 1 aliphatic rings. The summed E-state index contributed by atoms with van der Waals surface area (Å²) in [7, 11) is 0. The molecule has 4 heteroatoms. The number of hydrogen-bond donors (Lipinski definition) is 2. The molecule has 0 atom stereocenters. The van der Waals surface area contributed by atoms with Crippen molar-refractivity contribution in [3.8, 4) is 6.07 Å². The number of nitriles is 1. The van der Waals surface area contributed by atoms with Crippen LogP contribution in [-0.2, 0) is 4.79 Å². The largest absolute Gasteiger partial charge is 0.387 e. The highest BCUT2D eigenvalue weighted by Gasteiger charge is 2.17. The minimum atomic E-state index is -0.340. The fourth-order valence-corrected chi connectivity index (χ4v) is 1.94. The first-order valence-electron chi connectivity index (χ1n) is 6.05. The number of nitrogens with zero attached hydrogens (tertiary/aromatic N) is 1. The Kier molecular flexibility index (Phi) is 3.98. The van der Waals surface area contributed by atoms with Crippen molar-refractivity contribution in [1.29, 1.82) is 5.26 Å². The molecule has 1 amide bonds. The van der Waals surface area contributed by atoms with E-state index in [9.17, 15) is 4.79 Å². The quantitative estimate of drug-likeness (QED) is 0.616. The van der Waals surface area contributed by atoms with Crippen molar-refractivity contribution in [1.82, 2.24) is 5.32 Å². The van der Waals surface area contributed by atoms with Crippen LogP contribution in [0.15, 0.2) is 41.6 Å². The van der Waals surface area contributed by atoms with E-state index in [1.165, 1.54) is 0 Å². The SMILES string of the molecule is N#C/C(C(=O)Nc1ccccc1)=C1/CCCCN1. The number of para-hydroxylation sites is 1. The van der Waals surface area contributed by atoms with Gasteiger partial charge in [-0.05, 0) is 31.4 Å². The Morgan fingerprint density at radius 1 is 1.28 bits per heavy atom. The Labute approximate surface area is 106 Å². The van der Waals surface area contributed by atoms with Crippen LogP contribution >= 0.6 is 0 Å². The number of piperidine rings is 1. The second-order valence-corrected chi connectivity index (χ2v) is 4.17. The van der Waals surface area contributed by atoms with Crippen LogP contribution in [0, 0.1) is 11.3 Å². The number of nitrogens with one attached hydrogen (secondary N) is 2. The molecule has 0 radical (unpaired) electrons. The Morgan fingerprint density at radius 2 is 2.06 bits per heavy atom. The molecule has 1 heterocycles. The van der Waals surface area contributed by atoms with Crippen LogP contribution < -0.4 is 10.6 Å². The lowest BCUT2D eigenvalue weighted by Crippen LogP contribution is -2.25. The molecule has 0 saturated carbocycles. The van der Waals surface area contributed by atoms with E-state index < -0.39 is 0 Å². The van der Waals surface area contributed by atoms with Gasteiger partial charge in [0, 0.05) is 17.9 Å². The van der Waals surface area contributed by atoms with E-state index in [1.807, 2.05) is 24.3 Å². The third-order valence-corrected chi connectivity index (χ3v) is 2.86. The van der Waals surface area contributed by atoms with Crippen molar-refractivity contribution in [3.63, 3.8) is 0 Å². The van der Waals surface area contributed by atoms with Crippen molar-refractivity contribution in [2.75, 3.05) is 11.9 Å². The van der Waals surface area contributed by atoms with Gasteiger partial charge < -0.3 is 10.6 Å². The number of benzene rings is 1. The molecular weight excluding hydrogens is 226 g/mol. The van der Waals surface area contributed by atoms with E-state index in [0.717, 1.165) is 31.5 Å². The zero-order chi connectivity index (χ0) is 12.8. The van der Waals surface area contributed by atoms with Gasteiger partial charge >= 0.3 is 0 Å². The van der Waals surface area contributed by atoms with E-state index in [4.69, 9.17) is 5.26 Å². The number of rotatable bonds is 2. The first kappa shape index (κ1) is 12.2. The normalized spacial score (nSPS) is 17.3. The molecule has 0 bridgehead atoms. The molecule has 1 aromatic rings. The highest BCUT2D eigenvalue weighted by molar-refractivity contribution is 6.07. The standard InChI is InChI=1S/C14H15N3O/c15-10-12(13-8-4-5-9-16-13)14(18)17-11-6-2-1-3-7-11/h1-3,6-7,16H,4-5,8-9H2,(H,17,18)/b13-12+. The number of hydrogen-bond acceptors (Lipinski definition) is 3. The Balaban J connectivity index is 2.14. The summed E-state index contributed by atoms with van der Waals surface area (Å²) in [6.07, 6.45) is 2.87. The van der Waals surface area contributed by atoms with E-state index in [0.29, 0.717) is 5.69 Å². The predicted octanol–water partition coefficient (Wildman–Crippen LogP) is 2.18. The lowest BCUT2D eigenvalue weighted by Gasteiger charge is -2.18. The van der Waals surface area contributed by atoms with Crippen molar-refractivity contribution < 1.29 is 4.79 Å². The number of anilines is 1. The maximum atomic E-state index is 12.0. The second-order valence-electron chi connectivity index (χ2n) is 4.17. The summed E-state index contributed by atoms with van der Waals surface area (Å²) in [4.78, 5) is 12.0. The van der Waals surface area contributed by atoms with Crippen molar-refractivity contribution in [2.45, 2.75) is 19.3 Å². The van der Waals surface area contributed by atoms with Crippen LogP contribution in [0.1, 0.15) is 19.3 Å². The molecule has 92 valence electrons. The summed E-state index contributed by atoms with van der Waals surface area (Å²) in [6, 6.07) is 11.2. The first-order valence-corrected chi connectivity index (χ1v) is 6.05. The maximum Gasteiger partial charge on any atom is 0.268 e. The van der Waals surface area contributed by atoms with Crippen molar-refractivity contribution in [2.24, 2.45) is 0 Å². The van der Waals surface area contributed by atoms with Gasteiger partial charge in [0.25, 0.3) is 5.91 Å². The topological polar surface area (TPSA) is 64.9 Å². The number of amides is 1. The van der Waals surface area contributed by atoms with Gasteiger partial charge in [-0.1, -0.05) is 18.2 Å². The summed E-state index contributed by atoms with van der Waals surface area (Å²) in [5, 5.41) is 15.0. The van der Waals surface area contributed by atoms with Gasteiger partial charge in [0.15, 0.2) is 0 Å². The maximum absolute atomic E-state index is 12.0. The first-order chi connectivity index (χ1) is 8.81. The van der Waals surface area contributed by atoms with Gasteiger partial charge in [-0.3, -0.25) is 4.79 Å². The van der Waals surface area contributed by atoms with Gasteiger partial charge in [0.1, 0.15) is 11.6 Å². The summed E-state index contributed by atoms with van der Waals surface area (Å²) in [5.74, 6) is -0.340. The Morgan fingerprint density at radius 3 is 2.67 bits per heavy atom. The summed E-state index contributed by atoms with van der Waals surface area (Å²) in [6.45, 7) is 0.832. The molecule has 0 aromatic heterocycles. The molecule has 0 spiro atoms. The smallest absolute Gasteiger partial charge is 0.268 e. The van der Waals surface area contributed by atoms with Crippen LogP contribution in [0.2, 0.25) is 0 Å². The van der Waals surface area contributed by atoms with Crippen LogP contribution in [0.4, 0.5) is 5.69 Å². The molecule has 0 aliphatic carbocycles. The molecule has 1 aromatic carbocycles. The molecule has 1 aliphatic heterocycles. The van der Waals surface area contributed by atoms with Gasteiger partial charge in [-0.25, -0.2) is 0 Å². The highest BCUT2D eigenvalue weighted by atomic mass is 16.1. The molecule has 1 fully saturated rings. The van der Waals surface area contributed by atoms with E-state index in [-0.39, 0.29) is 11.5 Å². The average Bonchev–Trinajstić information content (AvgIpc) is 2.42. The van der Waals surface area contributed by atoms with Crippen LogP contribution in [0.5, 0.6) is 0 Å². The summed E-state index contributed by atoms with van der Waals surface area (Å²) >= 11 is 0. The molecule has 2 rings (SSSR count). The zero-order valence-electron chi connectivity index (χ0n) is 10.1. The zero-order valence-corrected chi connectivity index (χ0v) is 10.1.